The molecule has 2 fully saturated rings. The first-order chi connectivity index (χ1) is 10.8. The van der Waals surface area contributed by atoms with Gasteiger partial charge in [-0.3, -0.25) is 9.59 Å². The zero-order valence-electron chi connectivity index (χ0n) is 12.3. The van der Waals surface area contributed by atoms with Crippen molar-refractivity contribution in [1.29, 1.82) is 0 Å². The Balaban J connectivity index is 1.98. The minimum absolute atomic E-state index is 0.0515. The normalized spacial score (nSPS) is 27.2. The minimum Gasteiger partial charge on any atom is -0.481 e. The molecule has 7 nitrogen and oxygen atoms in total. The van der Waals surface area contributed by atoms with Crippen LogP contribution in [0.2, 0.25) is 0 Å². The Hall–Kier alpha value is -1.93. The largest absolute Gasteiger partial charge is 0.481 e. The van der Waals surface area contributed by atoms with Crippen molar-refractivity contribution in [2.24, 2.45) is 5.92 Å². The number of sulfonamides is 1. The van der Waals surface area contributed by atoms with Gasteiger partial charge in [-0.1, -0.05) is 12.1 Å². The number of aliphatic carboxylic acids is 2. The number of carbonyl (C=O) groups is 2. The number of nitrogens with zero attached hydrogens (tertiary/aromatic N) is 1. The molecule has 1 saturated carbocycles. The lowest BCUT2D eigenvalue weighted by atomic mass is 10.1. The molecule has 2 atom stereocenters. The number of rotatable bonds is 5. The van der Waals surface area contributed by atoms with Crippen LogP contribution in [-0.2, 0) is 26.0 Å². The van der Waals surface area contributed by atoms with Crippen molar-refractivity contribution in [3.8, 4) is 0 Å². The van der Waals surface area contributed by atoms with E-state index in [4.69, 9.17) is 5.11 Å². The van der Waals surface area contributed by atoms with E-state index >= 15 is 0 Å². The molecule has 8 heteroatoms. The first kappa shape index (κ1) is 15.9. The summed E-state index contributed by atoms with van der Waals surface area (Å²) < 4.78 is 26.9. The molecule has 0 amide bonds. The van der Waals surface area contributed by atoms with Crippen molar-refractivity contribution in [3.63, 3.8) is 0 Å². The molecule has 1 aliphatic heterocycles. The van der Waals surface area contributed by atoms with E-state index in [0.29, 0.717) is 18.4 Å². The van der Waals surface area contributed by atoms with Gasteiger partial charge in [0.25, 0.3) is 0 Å². The molecule has 23 heavy (non-hydrogen) atoms. The second-order valence-electron chi connectivity index (χ2n) is 6.07. The predicted octanol–water partition coefficient (Wildman–Crippen LogP) is 0.942. The highest BCUT2D eigenvalue weighted by Gasteiger charge is 2.68. The maximum Gasteiger partial charge on any atom is 0.325 e. The molecule has 124 valence electrons. The molecule has 1 saturated heterocycles. The molecule has 0 bridgehead atoms. The van der Waals surface area contributed by atoms with Crippen LogP contribution in [0.25, 0.3) is 0 Å². The van der Waals surface area contributed by atoms with Gasteiger partial charge in [0.2, 0.25) is 10.0 Å². The van der Waals surface area contributed by atoms with Crippen LogP contribution in [0.5, 0.6) is 0 Å². The molecule has 2 aliphatic rings. The summed E-state index contributed by atoms with van der Waals surface area (Å²) in [4.78, 5) is 22.4. The zero-order valence-corrected chi connectivity index (χ0v) is 13.1. The van der Waals surface area contributed by atoms with Crippen LogP contribution < -0.4 is 0 Å². The average molecular weight is 339 g/mol. The summed E-state index contributed by atoms with van der Waals surface area (Å²) in [6.45, 7) is 0.175. The van der Waals surface area contributed by atoms with E-state index in [1.807, 2.05) is 0 Å². The average Bonchev–Trinajstić information content (AvgIpc) is 3.22. The Morgan fingerprint density at radius 2 is 2.04 bits per heavy atom. The van der Waals surface area contributed by atoms with Crippen LogP contribution in [0.4, 0.5) is 0 Å². The lowest BCUT2D eigenvalue weighted by molar-refractivity contribution is -0.144. The van der Waals surface area contributed by atoms with Crippen molar-refractivity contribution in [2.75, 3.05) is 6.54 Å². The van der Waals surface area contributed by atoms with Gasteiger partial charge in [0.05, 0.1) is 11.3 Å². The van der Waals surface area contributed by atoms with Crippen LogP contribution in [-0.4, -0.2) is 47.0 Å². The van der Waals surface area contributed by atoms with Crippen molar-refractivity contribution < 1.29 is 28.2 Å². The van der Waals surface area contributed by atoms with Gasteiger partial charge < -0.3 is 10.2 Å². The van der Waals surface area contributed by atoms with Crippen molar-refractivity contribution in [1.82, 2.24) is 4.31 Å². The third kappa shape index (κ3) is 2.51. The molecule has 1 aromatic carbocycles. The molecule has 0 unspecified atom stereocenters. The number of carboxylic acid groups (broad SMARTS) is 2. The predicted molar refractivity (Wildman–Crippen MR) is 79.4 cm³/mol. The number of hydrogen-bond donors (Lipinski definition) is 2. The summed E-state index contributed by atoms with van der Waals surface area (Å²) in [5, 5.41) is 18.3. The minimum atomic E-state index is -3.97. The van der Waals surface area contributed by atoms with Crippen molar-refractivity contribution in [3.05, 3.63) is 29.8 Å². The molecule has 1 aromatic rings. The van der Waals surface area contributed by atoms with Crippen LogP contribution in [0.15, 0.2) is 29.2 Å². The maximum absolute atomic E-state index is 12.9. The number of benzene rings is 1. The lowest BCUT2D eigenvalue weighted by Gasteiger charge is -2.32. The standard InChI is InChI=1S/C15H17NO6S/c17-13(18)8-10-3-1-5-12(7-10)23(21,22)16-6-2-4-11-9-15(11,16)14(19)20/h1,3,5,7,11H,2,4,6,8-9H2,(H,17,18)(H,19,20)/t11-,15+/m1/s1. The topological polar surface area (TPSA) is 112 Å². The van der Waals surface area contributed by atoms with Crippen LogP contribution >= 0.6 is 0 Å². The number of piperidine rings is 1. The Bertz CT molecular complexity index is 774. The van der Waals surface area contributed by atoms with E-state index in [-0.39, 0.29) is 23.8 Å². The SMILES string of the molecule is O=C(O)Cc1cccc(S(=O)(=O)N2CCC[C@@H]3C[C@@]32C(=O)O)c1. The number of fused-ring (bicyclic) bond motifs is 1. The van der Waals surface area contributed by atoms with Gasteiger partial charge in [-0.05, 0) is 42.9 Å². The molecule has 3 rings (SSSR count). The van der Waals surface area contributed by atoms with E-state index in [0.717, 1.165) is 10.7 Å². The first-order valence-electron chi connectivity index (χ1n) is 7.35. The third-order valence-electron chi connectivity index (χ3n) is 4.64. The molecule has 2 N–H and O–H groups in total. The van der Waals surface area contributed by atoms with E-state index < -0.39 is 27.5 Å². The van der Waals surface area contributed by atoms with E-state index in [9.17, 15) is 23.1 Å². The van der Waals surface area contributed by atoms with Gasteiger partial charge in [0.15, 0.2) is 0 Å². The van der Waals surface area contributed by atoms with Gasteiger partial charge in [-0.15, -0.1) is 0 Å². The number of carboxylic acids is 2. The summed E-state index contributed by atoms with van der Waals surface area (Å²) in [5.74, 6) is -2.29. The molecule has 0 radical (unpaired) electrons. The van der Waals surface area contributed by atoms with Gasteiger partial charge in [-0.25, -0.2) is 8.42 Å². The molecular weight excluding hydrogens is 322 g/mol. The van der Waals surface area contributed by atoms with Crippen LogP contribution in [0, 0.1) is 5.92 Å². The van der Waals surface area contributed by atoms with Crippen molar-refractivity contribution in [2.45, 2.75) is 36.1 Å². The fourth-order valence-corrected chi connectivity index (χ4v) is 5.37. The lowest BCUT2D eigenvalue weighted by Crippen LogP contribution is -2.51. The summed E-state index contributed by atoms with van der Waals surface area (Å²) in [6, 6.07) is 5.70. The number of hydrogen-bond acceptors (Lipinski definition) is 4. The van der Waals surface area contributed by atoms with Crippen LogP contribution in [0.3, 0.4) is 0 Å². The molecule has 1 heterocycles. The monoisotopic (exact) mass is 339 g/mol. The zero-order chi connectivity index (χ0) is 16.8. The molecule has 0 spiro atoms. The maximum atomic E-state index is 12.9. The molecule has 1 aliphatic carbocycles. The Kier molecular flexibility index (Phi) is 3.68. The first-order valence-corrected chi connectivity index (χ1v) is 8.79. The highest BCUT2D eigenvalue weighted by Crippen LogP contribution is 2.55. The second-order valence-corrected chi connectivity index (χ2v) is 7.93. The van der Waals surface area contributed by atoms with E-state index in [1.54, 1.807) is 0 Å². The van der Waals surface area contributed by atoms with Gasteiger partial charge in [-0.2, -0.15) is 4.31 Å². The van der Waals surface area contributed by atoms with Crippen molar-refractivity contribution >= 4 is 22.0 Å². The van der Waals surface area contributed by atoms with Gasteiger partial charge >= 0.3 is 11.9 Å². The summed E-state index contributed by atoms with van der Waals surface area (Å²) in [5.41, 5.74) is -0.952. The molecule has 0 aromatic heterocycles. The Morgan fingerprint density at radius 1 is 1.30 bits per heavy atom. The molecular formula is C15H17NO6S. The smallest absolute Gasteiger partial charge is 0.325 e. The third-order valence-corrected chi connectivity index (χ3v) is 6.58. The highest BCUT2D eigenvalue weighted by atomic mass is 32.2. The summed E-state index contributed by atoms with van der Waals surface area (Å²) >= 11 is 0. The highest BCUT2D eigenvalue weighted by molar-refractivity contribution is 7.89. The second kappa shape index (κ2) is 5.31. The Morgan fingerprint density at radius 3 is 2.70 bits per heavy atom. The fraction of sp³-hybridized carbons (Fsp3) is 0.467. The Labute approximate surface area is 133 Å². The van der Waals surface area contributed by atoms with E-state index in [2.05, 4.69) is 0 Å². The summed E-state index contributed by atoms with van der Waals surface area (Å²) in [7, 11) is -3.97. The quantitative estimate of drug-likeness (QED) is 0.826. The van der Waals surface area contributed by atoms with Gasteiger partial charge in [0, 0.05) is 6.54 Å². The van der Waals surface area contributed by atoms with Crippen LogP contribution in [0.1, 0.15) is 24.8 Å². The fourth-order valence-electron chi connectivity index (χ4n) is 3.46. The van der Waals surface area contributed by atoms with E-state index in [1.165, 1.54) is 24.3 Å². The van der Waals surface area contributed by atoms with Gasteiger partial charge in [0.1, 0.15) is 5.54 Å². The summed E-state index contributed by atoms with van der Waals surface area (Å²) in [6.07, 6.45) is 1.41.